The minimum absolute atomic E-state index is 0.226. The molecular weight excluding hydrogens is 176 g/mol. The Morgan fingerprint density at radius 2 is 2.07 bits per heavy atom. The number of nitrogens with one attached hydrogen (secondary N) is 1. The first kappa shape index (κ1) is 9.71. The molecule has 1 aromatic heterocycles. The van der Waals surface area contributed by atoms with Crippen molar-refractivity contribution < 1.29 is 5.11 Å². The van der Waals surface area contributed by atoms with Crippen molar-refractivity contribution in [1.82, 2.24) is 9.97 Å². The maximum Gasteiger partial charge on any atom is 0.109 e. The van der Waals surface area contributed by atoms with E-state index in [4.69, 9.17) is 0 Å². The standard InChI is InChI=1S/C11H18N2O/c1-6(2)10(14)9-7(3)12-11(13-9)8-4-5-8/h6,8,10,14H,4-5H2,1-3H3,(H,12,13). The van der Waals surface area contributed by atoms with Gasteiger partial charge in [0.25, 0.3) is 0 Å². The molecule has 14 heavy (non-hydrogen) atoms. The lowest BCUT2D eigenvalue weighted by Gasteiger charge is -2.12. The third-order valence-corrected chi connectivity index (χ3v) is 2.82. The van der Waals surface area contributed by atoms with Crippen LogP contribution in [-0.2, 0) is 0 Å². The summed E-state index contributed by atoms with van der Waals surface area (Å²) in [5.41, 5.74) is 1.86. The Morgan fingerprint density at radius 3 is 2.57 bits per heavy atom. The molecule has 1 unspecified atom stereocenters. The fourth-order valence-corrected chi connectivity index (χ4v) is 1.65. The fraction of sp³-hybridized carbons (Fsp3) is 0.727. The third-order valence-electron chi connectivity index (χ3n) is 2.82. The van der Waals surface area contributed by atoms with Gasteiger partial charge in [-0.1, -0.05) is 13.8 Å². The van der Waals surface area contributed by atoms with E-state index in [2.05, 4.69) is 9.97 Å². The van der Waals surface area contributed by atoms with Crippen LogP contribution >= 0.6 is 0 Å². The molecule has 1 aliphatic carbocycles. The molecule has 3 heteroatoms. The van der Waals surface area contributed by atoms with E-state index in [9.17, 15) is 5.11 Å². The zero-order chi connectivity index (χ0) is 10.3. The topological polar surface area (TPSA) is 48.9 Å². The molecule has 0 amide bonds. The Kier molecular flexibility index (Phi) is 2.35. The van der Waals surface area contributed by atoms with Crippen LogP contribution in [0.3, 0.4) is 0 Å². The van der Waals surface area contributed by atoms with E-state index in [1.165, 1.54) is 12.8 Å². The van der Waals surface area contributed by atoms with Gasteiger partial charge >= 0.3 is 0 Å². The predicted octanol–water partition coefficient (Wildman–Crippen LogP) is 2.28. The highest BCUT2D eigenvalue weighted by molar-refractivity contribution is 5.20. The first-order valence-corrected chi connectivity index (χ1v) is 5.34. The molecule has 1 aliphatic rings. The Hall–Kier alpha value is -0.830. The van der Waals surface area contributed by atoms with Gasteiger partial charge in [-0.25, -0.2) is 4.98 Å². The maximum absolute atomic E-state index is 9.91. The number of aliphatic hydroxyl groups excluding tert-OH is 1. The van der Waals surface area contributed by atoms with Crippen molar-refractivity contribution in [3.8, 4) is 0 Å². The minimum atomic E-state index is -0.432. The molecule has 2 N–H and O–H groups in total. The van der Waals surface area contributed by atoms with E-state index < -0.39 is 6.10 Å². The second-order valence-electron chi connectivity index (χ2n) is 4.60. The number of hydrogen-bond donors (Lipinski definition) is 2. The number of hydrogen-bond acceptors (Lipinski definition) is 2. The van der Waals surface area contributed by atoms with Crippen molar-refractivity contribution in [3.63, 3.8) is 0 Å². The third kappa shape index (κ3) is 1.69. The van der Waals surface area contributed by atoms with Gasteiger partial charge in [-0.05, 0) is 25.7 Å². The van der Waals surface area contributed by atoms with Crippen LogP contribution < -0.4 is 0 Å². The lowest BCUT2D eigenvalue weighted by molar-refractivity contribution is 0.122. The summed E-state index contributed by atoms with van der Waals surface area (Å²) in [5, 5.41) is 9.91. The second kappa shape index (κ2) is 3.39. The van der Waals surface area contributed by atoms with Crippen molar-refractivity contribution in [2.75, 3.05) is 0 Å². The molecule has 1 fully saturated rings. The molecule has 0 spiro atoms. The molecule has 0 aliphatic heterocycles. The zero-order valence-corrected chi connectivity index (χ0v) is 9.04. The number of aromatic amines is 1. The number of aromatic nitrogens is 2. The first-order valence-electron chi connectivity index (χ1n) is 5.34. The van der Waals surface area contributed by atoms with Crippen molar-refractivity contribution in [2.45, 2.75) is 45.6 Å². The van der Waals surface area contributed by atoms with Gasteiger partial charge < -0.3 is 10.1 Å². The predicted molar refractivity (Wildman–Crippen MR) is 55.1 cm³/mol. The van der Waals surface area contributed by atoms with Gasteiger partial charge in [-0.15, -0.1) is 0 Å². The van der Waals surface area contributed by atoms with Crippen molar-refractivity contribution in [2.24, 2.45) is 5.92 Å². The highest BCUT2D eigenvalue weighted by atomic mass is 16.3. The maximum atomic E-state index is 9.91. The van der Waals surface area contributed by atoms with Gasteiger partial charge in [0.2, 0.25) is 0 Å². The molecular formula is C11H18N2O. The zero-order valence-electron chi connectivity index (χ0n) is 9.04. The van der Waals surface area contributed by atoms with Gasteiger partial charge in [0.15, 0.2) is 0 Å². The smallest absolute Gasteiger partial charge is 0.109 e. The average molecular weight is 194 g/mol. The van der Waals surface area contributed by atoms with Gasteiger partial charge in [0, 0.05) is 11.6 Å². The summed E-state index contributed by atoms with van der Waals surface area (Å²) in [5.74, 6) is 1.92. The van der Waals surface area contributed by atoms with Crippen LogP contribution in [0, 0.1) is 12.8 Å². The normalized spacial score (nSPS) is 18.9. The number of imidazole rings is 1. The number of nitrogens with zero attached hydrogens (tertiary/aromatic N) is 1. The molecule has 2 rings (SSSR count). The van der Waals surface area contributed by atoms with Crippen LogP contribution in [0.25, 0.3) is 0 Å². The van der Waals surface area contributed by atoms with E-state index in [-0.39, 0.29) is 5.92 Å². The summed E-state index contributed by atoms with van der Waals surface area (Å²) in [4.78, 5) is 7.76. The minimum Gasteiger partial charge on any atom is -0.386 e. The van der Waals surface area contributed by atoms with Gasteiger partial charge in [0.05, 0.1) is 5.69 Å². The first-order chi connectivity index (χ1) is 6.59. The number of H-pyrrole nitrogens is 1. The van der Waals surface area contributed by atoms with Crippen molar-refractivity contribution >= 4 is 0 Å². The quantitative estimate of drug-likeness (QED) is 0.775. The van der Waals surface area contributed by atoms with E-state index in [1.807, 2.05) is 20.8 Å². The number of aryl methyl sites for hydroxylation is 1. The molecule has 1 saturated carbocycles. The summed E-state index contributed by atoms with van der Waals surface area (Å²) in [6, 6.07) is 0. The largest absolute Gasteiger partial charge is 0.386 e. The summed E-state index contributed by atoms with van der Waals surface area (Å²) in [6.07, 6.45) is 2.05. The van der Waals surface area contributed by atoms with Gasteiger partial charge in [0.1, 0.15) is 11.9 Å². The fourth-order valence-electron chi connectivity index (χ4n) is 1.65. The lowest BCUT2D eigenvalue weighted by atomic mass is 10.0. The summed E-state index contributed by atoms with van der Waals surface area (Å²) < 4.78 is 0. The molecule has 0 radical (unpaired) electrons. The van der Waals surface area contributed by atoms with Crippen LogP contribution in [0.5, 0.6) is 0 Å². The molecule has 78 valence electrons. The molecule has 1 heterocycles. The van der Waals surface area contributed by atoms with Crippen LogP contribution in [0.4, 0.5) is 0 Å². The van der Waals surface area contributed by atoms with Crippen molar-refractivity contribution in [1.29, 1.82) is 0 Å². The molecule has 3 nitrogen and oxygen atoms in total. The van der Waals surface area contributed by atoms with E-state index >= 15 is 0 Å². The lowest BCUT2D eigenvalue weighted by Crippen LogP contribution is -2.07. The highest BCUT2D eigenvalue weighted by Gasteiger charge is 2.29. The summed E-state index contributed by atoms with van der Waals surface area (Å²) in [7, 11) is 0. The monoisotopic (exact) mass is 194 g/mol. The van der Waals surface area contributed by atoms with Crippen LogP contribution in [0.2, 0.25) is 0 Å². The van der Waals surface area contributed by atoms with Crippen LogP contribution in [0.1, 0.15) is 55.9 Å². The second-order valence-corrected chi connectivity index (χ2v) is 4.60. The molecule has 0 aromatic carbocycles. The highest BCUT2D eigenvalue weighted by Crippen LogP contribution is 2.39. The number of rotatable bonds is 3. The van der Waals surface area contributed by atoms with E-state index in [0.717, 1.165) is 17.2 Å². The molecule has 0 saturated heterocycles. The molecule has 1 aromatic rings. The Labute approximate surface area is 84.6 Å². The summed E-state index contributed by atoms with van der Waals surface area (Å²) in [6.45, 7) is 6.00. The summed E-state index contributed by atoms with van der Waals surface area (Å²) >= 11 is 0. The Morgan fingerprint density at radius 1 is 1.43 bits per heavy atom. The van der Waals surface area contributed by atoms with Gasteiger partial charge in [-0.3, -0.25) is 0 Å². The van der Waals surface area contributed by atoms with Crippen molar-refractivity contribution in [3.05, 3.63) is 17.2 Å². The van der Waals surface area contributed by atoms with E-state index in [0.29, 0.717) is 5.92 Å². The Balaban J connectivity index is 2.23. The van der Waals surface area contributed by atoms with Crippen LogP contribution in [-0.4, -0.2) is 15.1 Å². The molecule has 0 bridgehead atoms. The molecule has 1 atom stereocenters. The average Bonchev–Trinajstić information content (AvgIpc) is 2.89. The van der Waals surface area contributed by atoms with Crippen LogP contribution in [0.15, 0.2) is 0 Å². The van der Waals surface area contributed by atoms with Gasteiger partial charge in [-0.2, -0.15) is 0 Å². The number of aliphatic hydroxyl groups is 1. The Bertz CT molecular complexity index is 326. The SMILES string of the molecule is Cc1[nH]c(C2CC2)nc1C(O)C(C)C. The van der Waals surface area contributed by atoms with E-state index in [1.54, 1.807) is 0 Å².